The van der Waals surface area contributed by atoms with Crippen LogP contribution in [0.2, 0.25) is 0 Å². The predicted octanol–water partition coefficient (Wildman–Crippen LogP) is 2.87. The maximum Gasteiger partial charge on any atom is 0.269 e. The molecule has 2 aromatic carbocycles. The number of benzene rings is 2. The molecule has 3 heterocycles. The second-order valence-electron chi connectivity index (χ2n) is 8.13. The highest BCUT2D eigenvalue weighted by Crippen LogP contribution is 2.55. The molecule has 2 aromatic rings. The number of carbonyl (C=O) groups is 2. The molecule has 1 atom stereocenters. The Morgan fingerprint density at radius 1 is 1.03 bits per heavy atom. The highest BCUT2D eigenvalue weighted by molar-refractivity contribution is 8.02. The number of anilines is 2. The number of fused-ring (bicyclic) bond motifs is 2. The minimum Gasteiger partial charge on any atom is -0.379 e. The third-order valence-electron chi connectivity index (χ3n) is 5.97. The van der Waals surface area contributed by atoms with Gasteiger partial charge in [-0.3, -0.25) is 24.3 Å². The Kier molecular flexibility index (Phi) is 4.84. The Labute approximate surface area is 180 Å². The van der Waals surface area contributed by atoms with Crippen molar-refractivity contribution in [2.75, 3.05) is 48.5 Å². The van der Waals surface area contributed by atoms with Crippen LogP contribution < -0.4 is 9.80 Å². The number of rotatable bonds is 3. The SMILES string of the molecule is Cc1cc(C)cc(N2C(=O)CS[C@@]23C(=O)N(CN2CCOCC2)c2ccccc23)c1. The van der Waals surface area contributed by atoms with Gasteiger partial charge in [-0.2, -0.15) is 0 Å². The standard InChI is InChI=1S/C23H25N3O3S/c1-16-11-17(2)13-18(12-16)26-21(27)14-30-23(26)19-5-3-4-6-20(19)25(22(23)28)15-24-7-9-29-10-8-24/h3-6,11-13H,7-10,14-15H2,1-2H3/t23-/m0/s1. The van der Waals surface area contributed by atoms with E-state index in [9.17, 15) is 9.59 Å². The van der Waals surface area contributed by atoms with Crippen LogP contribution in [-0.4, -0.2) is 55.4 Å². The second kappa shape index (κ2) is 7.41. The molecule has 0 aliphatic carbocycles. The number of morpholine rings is 1. The van der Waals surface area contributed by atoms with Crippen molar-refractivity contribution in [1.29, 1.82) is 0 Å². The van der Waals surface area contributed by atoms with E-state index >= 15 is 0 Å². The van der Waals surface area contributed by atoms with Crippen molar-refractivity contribution >= 4 is 35.0 Å². The Morgan fingerprint density at radius 3 is 2.47 bits per heavy atom. The van der Waals surface area contributed by atoms with Gasteiger partial charge in [0.1, 0.15) is 0 Å². The van der Waals surface area contributed by atoms with E-state index in [1.807, 2.05) is 55.1 Å². The van der Waals surface area contributed by atoms with Crippen molar-refractivity contribution in [3.05, 3.63) is 59.2 Å². The van der Waals surface area contributed by atoms with Gasteiger partial charge in [-0.25, -0.2) is 0 Å². The van der Waals surface area contributed by atoms with E-state index < -0.39 is 4.87 Å². The van der Waals surface area contributed by atoms with Crippen LogP contribution in [0.1, 0.15) is 16.7 Å². The summed E-state index contributed by atoms with van der Waals surface area (Å²) in [6, 6.07) is 14.0. The van der Waals surface area contributed by atoms with Crippen LogP contribution >= 0.6 is 11.8 Å². The molecule has 0 unspecified atom stereocenters. The minimum absolute atomic E-state index is 0.0265. The minimum atomic E-state index is -1.04. The number of para-hydroxylation sites is 1. The first-order chi connectivity index (χ1) is 14.5. The van der Waals surface area contributed by atoms with Gasteiger partial charge in [0.2, 0.25) is 10.8 Å². The topological polar surface area (TPSA) is 53.1 Å². The molecule has 7 heteroatoms. The number of carbonyl (C=O) groups excluding carboxylic acids is 2. The highest BCUT2D eigenvalue weighted by atomic mass is 32.2. The summed E-state index contributed by atoms with van der Waals surface area (Å²) in [7, 11) is 0. The fourth-order valence-electron chi connectivity index (χ4n) is 4.72. The van der Waals surface area contributed by atoms with Gasteiger partial charge in [0.15, 0.2) is 0 Å². The number of thioether (sulfide) groups is 1. The lowest BCUT2D eigenvalue weighted by Gasteiger charge is -2.35. The van der Waals surface area contributed by atoms with Crippen LogP contribution in [0, 0.1) is 13.8 Å². The molecule has 0 bridgehead atoms. The quantitative estimate of drug-likeness (QED) is 0.760. The van der Waals surface area contributed by atoms with E-state index in [1.54, 1.807) is 4.90 Å². The number of ether oxygens (including phenoxy) is 1. The van der Waals surface area contributed by atoms with Crippen LogP contribution in [0.4, 0.5) is 11.4 Å². The zero-order valence-corrected chi connectivity index (χ0v) is 18.1. The summed E-state index contributed by atoms with van der Waals surface area (Å²) >= 11 is 1.43. The van der Waals surface area contributed by atoms with E-state index in [2.05, 4.69) is 11.0 Å². The van der Waals surface area contributed by atoms with Crippen LogP contribution in [0.3, 0.4) is 0 Å². The third-order valence-corrected chi connectivity index (χ3v) is 7.36. The second-order valence-corrected chi connectivity index (χ2v) is 9.30. The molecule has 2 fully saturated rings. The molecule has 2 amide bonds. The lowest BCUT2D eigenvalue weighted by molar-refractivity contribution is -0.124. The van der Waals surface area contributed by atoms with Crippen LogP contribution in [0.5, 0.6) is 0 Å². The summed E-state index contributed by atoms with van der Waals surface area (Å²) in [5, 5.41) is 0. The normalized spacial score (nSPS) is 24.2. The van der Waals surface area contributed by atoms with Gasteiger partial charge in [0, 0.05) is 24.3 Å². The molecular formula is C23H25N3O3S. The fraction of sp³-hybridized carbons (Fsp3) is 0.391. The Balaban J connectivity index is 1.61. The average molecular weight is 424 g/mol. The van der Waals surface area contributed by atoms with E-state index in [0.717, 1.165) is 41.2 Å². The van der Waals surface area contributed by atoms with Gasteiger partial charge in [-0.05, 0) is 43.2 Å². The van der Waals surface area contributed by atoms with Crippen molar-refractivity contribution in [2.24, 2.45) is 0 Å². The Morgan fingerprint density at radius 2 is 1.73 bits per heavy atom. The fourth-order valence-corrected chi connectivity index (χ4v) is 6.08. The predicted molar refractivity (Wildman–Crippen MR) is 119 cm³/mol. The van der Waals surface area contributed by atoms with Crippen molar-refractivity contribution in [1.82, 2.24) is 4.90 Å². The Bertz CT molecular complexity index is 1000. The van der Waals surface area contributed by atoms with Gasteiger partial charge in [0.05, 0.1) is 31.3 Å². The van der Waals surface area contributed by atoms with Gasteiger partial charge >= 0.3 is 0 Å². The van der Waals surface area contributed by atoms with Crippen molar-refractivity contribution < 1.29 is 14.3 Å². The first-order valence-corrected chi connectivity index (χ1v) is 11.3. The zero-order chi connectivity index (χ0) is 20.9. The smallest absolute Gasteiger partial charge is 0.269 e. The van der Waals surface area contributed by atoms with E-state index in [-0.39, 0.29) is 11.8 Å². The summed E-state index contributed by atoms with van der Waals surface area (Å²) in [5.41, 5.74) is 4.74. The number of hydrogen-bond acceptors (Lipinski definition) is 5. The molecule has 156 valence electrons. The Hall–Kier alpha value is -2.35. The molecule has 3 aliphatic rings. The highest BCUT2D eigenvalue weighted by Gasteiger charge is 2.61. The molecule has 0 aromatic heterocycles. The third kappa shape index (κ3) is 2.95. The van der Waals surface area contributed by atoms with Crippen LogP contribution in [-0.2, 0) is 19.2 Å². The maximum atomic E-state index is 14.0. The lowest BCUT2D eigenvalue weighted by Crippen LogP contribution is -2.52. The molecule has 30 heavy (non-hydrogen) atoms. The van der Waals surface area contributed by atoms with Gasteiger partial charge in [-0.1, -0.05) is 24.3 Å². The molecule has 0 saturated carbocycles. The van der Waals surface area contributed by atoms with Crippen molar-refractivity contribution in [3.63, 3.8) is 0 Å². The molecule has 2 saturated heterocycles. The van der Waals surface area contributed by atoms with Gasteiger partial charge in [0.25, 0.3) is 5.91 Å². The summed E-state index contributed by atoms with van der Waals surface area (Å²) < 4.78 is 5.46. The van der Waals surface area contributed by atoms with Crippen LogP contribution in [0.25, 0.3) is 0 Å². The summed E-state index contributed by atoms with van der Waals surface area (Å²) in [6.45, 7) is 7.50. The molecule has 0 N–H and O–H groups in total. The van der Waals surface area contributed by atoms with E-state index in [4.69, 9.17) is 4.74 Å². The molecular weight excluding hydrogens is 398 g/mol. The molecule has 3 aliphatic heterocycles. The molecule has 0 radical (unpaired) electrons. The zero-order valence-electron chi connectivity index (χ0n) is 17.3. The first kappa shape index (κ1) is 19.6. The van der Waals surface area contributed by atoms with Crippen molar-refractivity contribution in [2.45, 2.75) is 18.7 Å². The average Bonchev–Trinajstić information content (AvgIpc) is 3.19. The van der Waals surface area contributed by atoms with Gasteiger partial charge in [-0.15, -0.1) is 11.8 Å². The van der Waals surface area contributed by atoms with Crippen molar-refractivity contribution in [3.8, 4) is 0 Å². The summed E-state index contributed by atoms with van der Waals surface area (Å²) in [4.78, 5) is 31.9. The largest absolute Gasteiger partial charge is 0.379 e. The van der Waals surface area contributed by atoms with E-state index in [1.165, 1.54) is 11.8 Å². The lowest BCUT2D eigenvalue weighted by atomic mass is 10.0. The molecule has 5 rings (SSSR count). The first-order valence-electron chi connectivity index (χ1n) is 10.3. The molecule has 1 spiro atoms. The number of hydrogen-bond donors (Lipinski definition) is 0. The van der Waals surface area contributed by atoms with Crippen LogP contribution in [0.15, 0.2) is 42.5 Å². The van der Waals surface area contributed by atoms with E-state index in [0.29, 0.717) is 25.6 Å². The molecule has 6 nitrogen and oxygen atoms in total. The monoisotopic (exact) mass is 423 g/mol. The number of aryl methyl sites for hydroxylation is 2. The van der Waals surface area contributed by atoms with Gasteiger partial charge < -0.3 is 4.74 Å². The summed E-state index contributed by atoms with van der Waals surface area (Å²) in [5.74, 6) is 0.227. The maximum absolute atomic E-state index is 14.0. The summed E-state index contributed by atoms with van der Waals surface area (Å²) in [6.07, 6.45) is 0. The number of amides is 2. The number of nitrogens with zero attached hydrogens (tertiary/aromatic N) is 3.